The first kappa shape index (κ1) is 19.1. The van der Waals surface area contributed by atoms with Gasteiger partial charge in [0.05, 0.1) is 6.04 Å². The number of benzene rings is 2. The van der Waals surface area contributed by atoms with Gasteiger partial charge in [0, 0.05) is 23.5 Å². The summed E-state index contributed by atoms with van der Waals surface area (Å²) in [7, 11) is 0. The number of amides is 1. The predicted molar refractivity (Wildman–Crippen MR) is 100 cm³/mol. The molecule has 1 aromatic heterocycles. The van der Waals surface area contributed by atoms with Gasteiger partial charge in [0.25, 0.3) is 0 Å². The first-order chi connectivity index (χ1) is 13.6. The smallest absolute Gasteiger partial charge is 0.407 e. The van der Waals surface area contributed by atoms with E-state index in [1.165, 1.54) is 24.3 Å². The van der Waals surface area contributed by atoms with Gasteiger partial charge in [-0.2, -0.15) is 0 Å². The molecule has 6 heteroatoms. The van der Waals surface area contributed by atoms with Crippen molar-refractivity contribution < 1.29 is 18.3 Å². The Balaban J connectivity index is 0.000000271. The topological polar surface area (TPSA) is 51.2 Å². The van der Waals surface area contributed by atoms with Crippen molar-refractivity contribution in [1.29, 1.82) is 0 Å². The maximum absolute atomic E-state index is 13.1. The number of alkyl carbamates (subject to hydrolysis) is 1. The van der Waals surface area contributed by atoms with Crippen LogP contribution < -0.4 is 5.32 Å². The molecule has 1 aliphatic heterocycles. The van der Waals surface area contributed by atoms with Gasteiger partial charge in [0.2, 0.25) is 0 Å². The number of carbonyl (C=O) groups is 1. The van der Waals surface area contributed by atoms with Crippen LogP contribution in [0.4, 0.5) is 13.6 Å². The molecule has 0 radical (unpaired) electrons. The van der Waals surface area contributed by atoms with Gasteiger partial charge < -0.3 is 10.1 Å². The van der Waals surface area contributed by atoms with Crippen molar-refractivity contribution in [1.82, 2.24) is 10.3 Å². The van der Waals surface area contributed by atoms with Crippen molar-refractivity contribution in [3.8, 4) is 11.8 Å². The van der Waals surface area contributed by atoms with Gasteiger partial charge in [-0.15, -0.1) is 0 Å². The highest BCUT2D eigenvalue weighted by Crippen LogP contribution is 2.17. The first-order valence-corrected chi connectivity index (χ1v) is 8.46. The fourth-order valence-electron chi connectivity index (χ4n) is 2.41. The van der Waals surface area contributed by atoms with Crippen LogP contribution in [0.5, 0.6) is 0 Å². The van der Waals surface area contributed by atoms with Crippen molar-refractivity contribution >= 4 is 6.09 Å². The maximum Gasteiger partial charge on any atom is 0.407 e. The zero-order valence-electron chi connectivity index (χ0n) is 14.7. The van der Waals surface area contributed by atoms with Crippen molar-refractivity contribution in [3.63, 3.8) is 0 Å². The van der Waals surface area contributed by atoms with Gasteiger partial charge in [-0.1, -0.05) is 36.1 Å². The highest BCUT2D eigenvalue weighted by Gasteiger charge is 2.23. The van der Waals surface area contributed by atoms with Crippen LogP contribution >= 0.6 is 0 Å². The Labute approximate surface area is 161 Å². The Morgan fingerprint density at radius 2 is 1.68 bits per heavy atom. The molecular weight excluding hydrogens is 362 g/mol. The summed E-state index contributed by atoms with van der Waals surface area (Å²) >= 11 is 0. The molecule has 1 amide bonds. The van der Waals surface area contributed by atoms with Crippen LogP contribution in [-0.4, -0.2) is 17.7 Å². The summed E-state index contributed by atoms with van der Waals surface area (Å²) in [6.07, 6.45) is 2.84. The van der Waals surface area contributed by atoms with Gasteiger partial charge in [-0.05, 0) is 42.0 Å². The molecule has 1 N–H and O–H groups in total. The van der Waals surface area contributed by atoms with Gasteiger partial charge in [-0.3, -0.25) is 4.98 Å². The van der Waals surface area contributed by atoms with E-state index in [9.17, 15) is 13.6 Å². The van der Waals surface area contributed by atoms with Crippen LogP contribution in [-0.2, 0) is 4.74 Å². The van der Waals surface area contributed by atoms with Crippen LogP contribution in [0, 0.1) is 23.5 Å². The van der Waals surface area contributed by atoms with E-state index in [1.807, 2.05) is 6.07 Å². The molecule has 140 valence electrons. The van der Waals surface area contributed by atoms with Crippen molar-refractivity contribution in [3.05, 3.63) is 101 Å². The van der Waals surface area contributed by atoms with Crippen molar-refractivity contribution in [2.45, 2.75) is 6.04 Å². The average Bonchev–Trinajstić information content (AvgIpc) is 3.14. The highest BCUT2D eigenvalue weighted by atomic mass is 19.1. The van der Waals surface area contributed by atoms with E-state index >= 15 is 0 Å². The molecular formula is C22H16F2N2O2. The number of cyclic esters (lactones) is 1. The molecule has 4 nitrogen and oxygen atoms in total. The van der Waals surface area contributed by atoms with E-state index in [4.69, 9.17) is 4.74 Å². The second kappa shape index (κ2) is 9.28. The fourth-order valence-corrected chi connectivity index (χ4v) is 2.41. The number of nitrogens with one attached hydrogen (secondary N) is 1. The summed E-state index contributed by atoms with van der Waals surface area (Å²) in [4.78, 5) is 15.1. The SMILES string of the molecule is Fc1ccccc1.O=C1NC(c2cncc(C#Cc3cccc(F)c3)c2)CO1. The Bertz CT molecular complexity index is 1010. The lowest BCUT2D eigenvalue weighted by molar-refractivity contribution is 0.177. The minimum absolute atomic E-state index is 0.178. The molecule has 0 saturated carbocycles. The summed E-state index contributed by atoms with van der Waals surface area (Å²) in [5.74, 6) is 5.31. The number of hydrogen-bond donors (Lipinski definition) is 1. The molecule has 0 spiro atoms. The van der Waals surface area contributed by atoms with Crippen molar-refractivity contribution in [2.24, 2.45) is 0 Å². The third-order valence-corrected chi connectivity index (χ3v) is 3.74. The first-order valence-electron chi connectivity index (χ1n) is 8.46. The summed E-state index contributed by atoms with van der Waals surface area (Å²) < 4.78 is 29.8. The monoisotopic (exact) mass is 378 g/mol. The number of pyridine rings is 1. The molecule has 28 heavy (non-hydrogen) atoms. The Morgan fingerprint density at radius 1 is 0.929 bits per heavy atom. The van der Waals surface area contributed by atoms with Gasteiger partial charge in [0.1, 0.15) is 18.2 Å². The minimum Gasteiger partial charge on any atom is -0.447 e. The normalized spacial score (nSPS) is 14.6. The highest BCUT2D eigenvalue weighted by molar-refractivity contribution is 5.70. The van der Waals surface area contributed by atoms with E-state index in [-0.39, 0.29) is 24.3 Å². The minimum atomic E-state index is -0.434. The van der Waals surface area contributed by atoms with Crippen LogP contribution in [0.15, 0.2) is 73.1 Å². The third kappa shape index (κ3) is 5.64. The standard InChI is InChI=1S/C16H11FN2O2.C6H5F/c17-14-3-1-2-11(7-14)4-5-12-6-13(9-18-8-12)15-10-21-16(20)19-15;7-6-4-2-1-3-5-6/h1-3,6-9,15H,10H2,(H,19,20);1-5H. The number of halogens is 2. The summed E-state index contributed by atoms with van der Waals surface area (Å²) in [6.45, 7) is 0.279. The van der Waals surface area contributed by atoms with Gasteiger partial charge in [0.15, 0.2) is 0 Å². The maximum atomic E-state index is 13.1. The third-order valence-electron chi connectivity index (χ3n) is 3.74. The molecule has 3 aromatic rings. The van der Waals surface area contributed by atoms with E-state index < -0.39 is 6.09 Å². The number of hydrogen-bond acceptors (Lipinski definition) is 3. The molecule has 2 aromatic carbocycles. The van der Waals surface area contributed by atoms with E-state index in [0.29, 0.717) is 11.1 Å². The molecule has 1 atom stereocenters. The summed E-state index contributed by atoms with van der Waals surface area (Å²) in [6, 6.07) is 15.6. The van der Waals surface area contributed by atoms with Gasteiger partial charge >= 0.3 is 6.09 Å². The zero-order chi connectivity index (χ0) is 19.8. The lowest BCUT2D eigenvalue weighted by atomic mass is 10.1. The predicted octanol–water partition coefficient (Wildman–Crippen LogP) is 4.23. The van der Waals surface area contributed by atoms with Crippen molar-refractivity contribution in [2.75, 3.05) is 6.61 Å². The Kier molecular flexibility index (Phi) is 6.32. The van der Waals surface area contributed by atoms with Crippen LogP contribution in [0.2, 0.25) is 0 Å². The molecule has 4 rings (SSSR count). The molecule has 2 heterocycles. The summed E-state index contributed by atoms with van der Waals surface area (Å²) in [5.41, 5.74) is 2.11. The number of rotatable bonds is 1. The zero-order valence-corrected chi connectivity index (χ0v) is 14.7. The van der Waals surface area contributed by atoms with E-state index in [1.54, 1.807) is 42.7 Å². The molecule has 0 aliphatic carbocycles. The number of ether oxygens (including phenoxy) is 1. The molecule has 1 fully saturated rings. The quantitative estimate of drug-likeness (QED) is 0.645. The van der Waals surface area contributed by atoms with E-state index in [0.717, 1.165) is 5.56 Å². The number of nitrogens with zero attached hydrogens (tertiary/aromatic N) is 1. The van der Waals surface area contributed by atoms with Crippen LogP contribution in [0.25, 0.3) is 0 Å². The largest absolute Gasteiger partial charge is 0.447 e. The molecule has 1 aliphatic rings. The fraction of sp³-hybridized carbons (Fsp3) is 0.0909. The van der Waals surface area contributed by atoms with Gasteiger partial charge in [-0.25, -0.2) is 13.6 Å². The number of aromatic nitrogens is 1. The lowest BCUT2D eigenvalue weighted by Crippen LogP contribution is -2.18. The van der Waals surface area contributed by atoms with E-state index in [2.05, 4.69) is 22.1 Å². The summed E-state index contributed by atoms with van der Waals surface area (Å²) in [5, 5.41) is 2.68. The molecule has 0 bridgehead atoms. The number of carbonyl (C=O) groups excluding carboxylic acids is 1. The second-order valence-corrected chi connectivity index (χ2v) is 5.86. The Morgan fingerprint density at radius 3 is 2.32 bits per heavy atom. The average molecular weight is 378 g/mol. The molecule has 1 saturated heterocycles. The lowest BCUT2D eigenvalue weighted by Gasteiger charge is -2.06. The molecule has 1 unspecified atom stereocenters. The van der Waals surface area contributed by atoms with Crippen LogP contribution in [0.1, 0.15) is 22.7 Å². The Hall–Kier alpha value is -3.72. The van der Waals surface area contributed by atoms with Crippen LogP contribution in [0.3, 0.4) is 0 Å². The second-order valence-electron chi connectivity index (χ2n) is 5.86.